The van der Waals surface area contributed by atoms with Crippen molar-refractivity contribution in [1.82, 2.24) is 14.5 Å². The average molecular weight is 434 g/mol. The Morgan fingerprint density at radius 3 is 2.77 bits per heavy atom. The summed E-state index contributed by atoms with van der Waals surface area (Å²) in [6, 6.07) is 2.14. The molecule has 1 aromatic carbocycles. The van der Waals surface area contributed by atoms with Crippen LogP contribution in [0.2, 0.25) is 0 Å². The Kier molecular flexibility index (Phi) is 6.48. The van der Waals surface area contributed by atoms with E-state index in [9.17, 15) is 13.6 Å². The first-order valence-electron chi connectivity index (χ1n) is 10.8. The van der Waals surface area contributed by atoms with Gasteiger partial charge in [0.2, 0.25) is 0 Å². The molecule has 0 radical (unpaired) electrons. The molecule has 1 aromatic rings. The van der Waals surface area contributed by atoms with E-state index in [-0.39, 0.29) is 11.6 Å². The predicted octanol–water partition coefficient (Wildman–Crippen LogP) is 5.33. The van der Waals surface area contributed by atoms with Gasteiger partial charge in [0.1, 0.15) is 11.6 Å². The zero-order valence-electron chi connectivity index (χ0n) is 17.5. The maximum Gasteiger partial charge on any atom is 0.318 e. The molecule has 7 heteroatoms. The van der Waals surface area contributed by atoms with E-state index in [1.807, 2.05) is 0 Å². The van der Waals surface area contributed by atoms with Gasteiger partial charge in [-0.3, -0.25) is 0 Å². The second kappa shape index (κ2) is 9.10. The molecule has 162 valence electrons. The van der Waals surface area contributed by atoms with Crippen LogP contribution in [0.1, 0.15) is 56.7 Å². The van der Waals surface area contributed by atoms with Gasteiger partial charge in [0.15, 0.2) is 0 Å². The molecule has 2 aliphatic heterocycles. The first kappa shape index (κ1) is 21.4. The number of halogens is 2. The summed E-state index contributed by atoms with van der Waals surface area (Å²) in [6.45, 7) is 5.27. The van der Waals surface area contributed by atoms with Crippen LogP contribution in [0.15, 0.2) is 35.9 Å². The molecule has 0 aromatic heterocycles. The molecule has 3 aliphatic rings. The third-order valence-corrected chi connectivity index (χ3v) is 7.82. The van der Waals surface area contributed by atoms with Gasteiger partial charge in [-0.15, -0.1) is 0 Å². The van der Waals surface area contributed by atoms with Gasteiger partial charge in [-0.25, -0.2) is 17.9 Å². The van der Waals surface area contributed by atoms with Gasteiger partial charge in [-0.2, -0.15) is 0 Å². The zero-order chi connectivity index (χ0) is 21.3. The molecule has 0 bridgehead atoms. The topological polar surface area (TPSA) is 35.6 Å². The van der Waals surface area contributed by atoms with Crippen molar-refractivity contribution >= 4 is 18.0 Å². The number of rotatable bonds is 5. The van der Waals surface area contributed by atoms with Crippen molar-refractivity contribution in [3.8, 4) is 0 Å². The number of allylic oxidation sites excluding steroid dienone is 3. The molecule has 4 rings (SSSR count). The maximum absolute atomic E-state index is 15.0. The first-order valence-corrected chi connectivity index (χ1v) is 11.6. The highest BCUT2D eigenvalue weighted by Gasteiger charge is 2.31. The summed E-state index contributed by atoms with van der Waals surface area (Å²) >= 11 is 1.75. The van der Waals surface area contributed by atoms with Crippen molar-refractivity contribution in [2.45, 2.75) is 63.4 Å². The molecular formula is C23H29F2N3OS. The molecule has 2 fully saturated rings. The van der Waals surface area contributed by atoms with Gasteiger partial charge in [-0.05, 0) is 57.2 Å². The lowest BCUT2D eigenvalue weighted by Gasteiger charge is -2.38. The molecule has 2 heterocycles. The molecule has 2 amide bonds. The Morgan fingerprint density at radius 2 is 2.07 bits per heavy atom. The number of urea groups is 1. The Labute approximate surface area is 181 Å². The summed E-state index contributed by atoms with van der Waals surface area (Å²) in [7, 11) is 0. The van der Waals surface area contributed by atoms with Crippen LogP contribution in [0.5, 0.6) is 0 Å². The molecule has 3 atom stereocenters. The van der Waals surface area contributed by atoms with E-state index >= 15 is 0 Å². The maximum atomic E-state index is 15.0. The normalized spacial score (nSPS) is 25.9. The van der Waals surface area contributed by atoms with Gasteiger partial charge in [0.25, 0.3) is 0 Å². The molecule has 4 nitrogen and oxygen atoms in total. The molecular weight excluding hydrogens is 404 g/mol. The van der Waals surface area contributed by atoms with Crippen LogP contribution >= 0.6 is 11.9 Å². The summed E-state index contributed by atoms with van der Waals surface area (Å²) in [5.41, 5.74) is 1.94. The summed E-state index contributed by atoms with van der Waals surface area (Å²) < 4.78 is 32.1. The minimum absolute atomic E-state index is 0.225. The van der Waals surface area contributed by atoms with Crippen molar-refractivity contribution in [2.75, 3.05) is 13.1 Å². The van der Waals surface area contributed by atoms with Crippen LogP contribution in [0, 0.1) is 11.6 Å². The highest BCUT2D eigenvalue weighted by Crippen LogP contribution is 2.39. The number of hydrogen-bond donors (Lipinski definition) is 1. The van der Waals surface area contributed by atoms with E-state index in [4.69, 9.17) is 0 Å². The monoisotopic (exact) mass is 433 g/mol. The van der Waals surface area contributed by atoms with Gasteiger partial charge in [0, 0.05) is 42.1 Å². The number of amides is 2. The SMILES string of the molecule is CC(c1cc(F)c(CN2SC(C3=CCCC=C3)CC[C@@H]2C)cc1F)N1CCNC1=O. The van der Waals surface area contributed by atoms with Crippen LogP contribution in [0.3, 0.4) is 0 Å². The van der Waals surface area contributed by atoms with Crippen LogP contribution in [0.4, 0.5) is 13.6 Å². The van der Waals surface area contributed by atoms with Crippen molar-refractivity contribution in [3.63, 3.8) is 0 Å². The van der Waals surface area contributed by atoms with E-state index in [1.165, 1.54) is 22.6 Å². The highest BCUT2D eigenvalue weighted by atomic mass is 32.2. The number of carbonyl (C=O) groups is 1. The Balaban J connectivity index is 1.49. The van der Waals surface area contributed by atoms with E-state index in [2.05, 4.69) is 34.8 Å². The van der Waals surface area contributed by atoms with Crippen molar-refractivity contribution in [2.24, 2.45) is 0 Å². The Hall–Kier alpha value is -1.86. The fourth-order valence-electron chi connectivity index (χ4n) is 4.39. The number of nitrogens with zero attached hydrogens (tertiary/aromatic N) is 2. The molecule has 30 heavy (non-hydrogen) atoms. The van der Waals surface area contributed by atoms with Gasteiger partial charge in [0.05, 0.1) is 6.04 Å². The van der Waals surface area contributed by atoms with Crippen LogP contribution < -0.4 is 5.32 Å². The standard InChI is InChI=1S/C23H29F2N3OS/c1-15-8-9-22(17-6-4-3-5-7-17)30-28(15)14-18-12-21(25)19(13-20(18)24)16(2)27-11-10-26-23(27)29/h4,6-7,12-13,15-16,22H,3,5,8-11,14H2,1-2H3,(H,26,29)/t15-,16?,22?/m0/s1. The lowest BCUT2D eigenvalue weighted by molar-refractivity contribution is 0.201. The van der Waals surface area contributed by atoms with Gasteiger partial charge in [-0.1, -0.05) is 30.2 Å². The predicted molar refractivity (Wildman–Crippen MR) is 117 cm³/mol. The number of carbonyl (C=O) groups excluding carboxylic acids is 1. The third-order valence-electron chi connectivity index (χ3n) is 6.30. The van der Waals surface area contributed by atoms with Crippen molar-refractivity contribution in [1.29, 1.82) is 0 Å². The number of benzene rings is 1. The summed E-state index contributed by atoms with van der Waals surface area (Å²) in [6.07, 6.45) is 11.0. The van der Waals surface area contributed by atoms with Crippen LogP contribution in [-0.4, -0.2) is 39.6 Å². The fourth-order valence-corrected chi connectivity index (χ4v) is 5.78. The minimum atomic E-state index is -0.506. The average Bonchev–Trinajstić information content (AvgIpc) is 3.18. The van der Waals surface area contributed by atoms with E-state index in [0.717, 1.165) is 25.7 Å². The van der Waals surface area contributed by atoms with Gasteiger partial charge < -0.3 is 10.2 Å². The Bertz CT molecular complexity index is 872. The van der Waals surface area contributed by atoms with Crippen LogP contribution in [0.25, 0.3) is 0 Å². The molecule has 2 unspecified atom stereocenters. The summed E-state index contributed by atoms with van der Waals surface area (Å²) in [4.78, 5) is 13.4. The van der Waals surface area contributed by atoms with Crippen LogP contribution in [-0.2, 0) is 6.54 Å². The number of hydrogen-bond acceptors (Lipinski definition) is 3. The zero-order valence-corrected chi connectivity index (χ0v) is 18.4. The molecule has 0 spiro atoms. The Morgan fingerprint density at radius 1 is 1.23 bits per heavy atom. The second-order valence-corrected chi connectivity index (χ2v) is 9.59. The summed E-state index contributed by atoms with van der Waals surface area (Å²) in [5.74, 6) is -0.868. The quantitative estimate of drug-likeness (QED) is 0.638. The van der Waals surface area contributed by atoms with Crippen molar-refractivity contribution < 1.29 is 13.6 Å². The fraction of sp³-hybridized carbons (Fsp3) is 0.522. The lowest BCUT2D eigenvalue weighted by atomic mass is 9.99. The van der Waals surface area contributed by atoms with E-state index < -0.39 is 17.7 Å². The molecule has 2 saturated heterocycles. The smallest absolute Gasteiger partial charge is 0.318 e. The van der Waals surface area contributed by atoms with Crippen molar-refractivity contribution in [3.05, 3.63) is 58.7 Å². The molecule has 0 saturated carbocycles. The molecule has 1 aliphatic carbocycles. The van der Waals surface area contributed by atoms with E-state index in [0.29, 0.717) is 36.5 Å². The second-order valence-electron chi connectivity index (χ2n) is 8.35. The van der Waals surface area contributed by atoms with E-state index in [1.54, 1.807) is 18.9 Å². The first-order chi connectivity index (χ1) is 14.4. The number of nitrogens with one attached hydrogen (secondary N) is 1. The minimum Gasteiger partial charge on any atom is -0.336 e. The lowest BCUT2D eigenvalue weighted by Crippen LogP contribution is -2.35. The largest absolute Gasteiger partial charge is 0.336 e. The summed E-state index contributed by atoms with van der Waals surface area (Å²) in [5, 5.41) is 3.08. The third kappa shape index (κ3) is 4.42. The highest BCUT2D eigenvalue weighted by molar-refractivity contribution is 7.97. The van der Waals surface area contributed by atoms with Gasteiger partial charge >= 0.3 is 6.03 Å². The molecule has 1 N–H and O–H groups in total.